The number of fused-ring (bicyclic) bond motifs is 1. The van der Waals surface area contributed by atoms with Crippen molar-refractivity contribution in [2.24, 2.45) is 0 Å². The Bertz CT molecular complexity index is 1120. The molecule has 0 radical (unpaired) electrons. The Hall–Kier alpha value is -2.50. The van der Waals surface area contributed by atoms with Crippen molar-refractivity contribution in [1.29, 1.82) is 0 Å². The first-order chi connectivity index (χ1) is 16.2. The van der Waals surface area contributed by atoms with E-state index in [1.54, 1.807) is 30.0 Å². The number of rotatable bonds is 10. The van der Waals surface area contributed by atoms with Crippen molar-refractivity contribution in [3.63, 3.8) is 0 Å². The van der Waals surface area contributed by atoms with Crippen molar-refractivity contribution < 1.29 is 22.7 Å². The molecule has 2 aromatic rings. The number of ether oxygens (including phenoxy) is 1. The van der Waals surface area contributed by atoms with E-state index >= 15 is 0 Å². The Morgan fingerprint density at radius 1 is 1.18 bits per heavy atom. The molecular formula is C23H35N5O5S. The number of nitrogens with one attached hydrogen (secondary N) is 1. The maximum absolute atomic E-state index is 12.9. The average Bonchev–Trinajstić information content (AvgIpc) is 3.20. The quantitative estimate of drug-likeness (QED) is 0.535. The normalized spacial score (nSPS) is 15.6. The zero-order valence-electron chi connectivity index (χ0n) is 20.4. The molecule has 10 nitrogen and oxygen atoms in total. The van der Waals surface area contributed by atoms with Gasteiger partial charge in [0.1, 0.15) is 11.9 Å². The minimum Gasteiger partial charge on any atom is -0.378 e. The molecule has 3 rings (SSSR count). The standard InChI is InChI=1S/C23H35N5O5S/c1-5-27(6-2)34(31,32)18-8-9-20-19(16-18)25-21(28(20)7-3)10-11-22(29)24-17(4)23(30)26-12-14-33-15-13-26/h8-9,16-17H,5-7,10-15H2,1-4H3,(H,24,29). The van der Waals surface area contributed by atoms with Crippen molar-refractivity contribution in [3.8, 4) is 0 Å². The van der Waals surface area contributed by atoms with Gasteiger partial charge in [0.2, 0.25) is 21.8 Å². The summed E-state index contributed by atoms with van der Waals surface area (Å²) in [7, 11) is -3.58. The number of aromatic nitrogens is 2. The molecule has 2 amide bonds. The van der Waals surface area contributed by atoms with E-state index in [9.17, 15) is 18.0 Å². The SMILES string of the molecule is CCN(CC)S(=O)(=O)c1ccc2c(c1)nc(CCC(=O)NC(C)C(=O)N1CCOCC1)n2CC. The fourth-order valence-corrected chi connectivity index (χ4v) is 5.71. The van der Waals surface area contributed by atoms with Crippen LogP contribution in [0.5, 0.6) is 0 Å². The molecule has 188 valence electrons. The molecule has 0 aliphatic carbocycles. The Morgan fingerprint density at radius 2 is 1.85 bits per heavy atom. The van der Waals surface area contributed by atoms with Gasteiger partial charge in [-0.3, -0.25) is 9.59 Å². The maximum atomic E-state index is 12.9. The van der Waals surface area contributed by atoms with Gasteiger partial charge in [-0.05, 0) is 32.0 Å². The molecule has 1 aliphatic heterocycles. The summed E-state index contributed by atoms with van der Waals surface area (Å²) in [6.45, 7) is 10.8. The van der Waals surface area contributed by atoms with Gasteiger partial charge >= 0.3 is 0 Å². The van der Waals surface area contributed by atoms with Crippen molar-refractivity contribution in [2.75, 3.05) is 39.4 Å². The van der Waals surface area contributed by atoms with E-state index in [-0.39, 0.29) is 23.1 Å². The number of sulfonamides is 1. The van der Waals surface area contributed by atoms with Gasteiger partial charge in [0.05, 0.1) is 29.1 Å². The van der Waals surface area contributed by atoms with Gasteiger partial charge in [-0.25, -0.2) is 13.4 Å². The number of imidazole rings is 1. The number of nitrogens with zero attached hydrogens (tertiary/aromatic N) is 4. The van der Waals surface area contributed by atoms with Crippen LogP contribution in [-0.2, 0) is 37.3 Å². The lowest BCUT2D eigenvalue weighted by Gasteiger charge is -2.29. The zero-order valence-corrected chi connectivity index (χ0v) is 21.2. The fourth-order valence-electron chi connectivity index (χ4n) is 4.23. The molecule has 1 unspecified atom stereocenters. The van der Waals surface area contributed by atoms with Crippen LogP contribution in [0.15, 0.2) is 23.1 Å². The van der Waals surface area contributed by atoms with E-state index in [4.69, 9.17) is 4.74 Å². The van der Waals surface area contributed by atoms with Gasteiger partial charge in [-0.1, -0.05) is 13.8 Å². The van der Waals surface area contributed by atoms with Crippen LogP contribution in [0.2, 0.25) is 0 Å². The summed E-state index contributed by atoms with van der Waals surface area (Å²) in [6.07, 6.45) is 0.555. The monoisotopic (exact) mass is 493 g/mol. The Kier molecular flexibility index (Phi) is 8.67. The largest absolute Gasteiger partial charge is 0.378 e. The molecule has 0 spiro atoms. The summed E-state index contributed by atoms with van der Waals surface area (Å²) >= 11 is 0. The molecule has 1 aromatic heterocycles. The predicted octanol–water partition coefficient (Wildman–Crippen LogP) is 1.38. The van der Waals surface area contributed by atoms with Gasteiger partial charge in [0.25, 0.3) is 0 Å². The number of carbonyl (C=O) groups excluding carboxylic acids is 2. The minimum absolute atomic E-state index is 0.112. The summed E-state index contributed by atoms with van der Waals surface area (Å²) in [4.78, 5) is 31.6. The first-order valence-electron chi connectivity index (χ1n) is 11.9. The lowest BCUT2D eigenvalue weighted by molar-refractivity contribution is -0.139. The average molecular weight is 494 g/mol. The van der Waals surface area contributed by atoms with Gasteiger partial charge in [0.15, 0.2) is 0 Å². The second-order valence-electron chi connectivity index (χ2n) is 8.24. The van der Waals surface area contributed by atoms with Gasteiger partial charge in [-0.15, -0.1) is 0 Å². The lowest BCUT2D eigenvalue weighted by atomic mass is 10.2. The highest BCUT2D eigenvalue weighted by molar-refractivity contribution is 7.89. The van der Waals surface area contributed by atoms with E-state index in [1.807, 2.05) is 25.3 Å². The van der Waals surface area contributed by atoms with E-state index in [0.717, 1.165) is 5.52 Å². The van der Waals surface area contributed by atoms with E-state index in [1.165, 1.54) is 4.31 Å². The Balaban J connectivity index is 1.70. The van der Waals surface area contributed by atoms with Crippen LogP contribution in [0, 0.1) is 0 Å². The van der Waals surface area contributed by atoms with Crippen LogP contribution in [0.25, 0.3) is 11.0 Å². The predicted molar refractivity (Wildman–Crippen MR) is 129 cm³/mol. The third-order valence-corrected chi connectivity index (χ3v) is 8.15. The summed E-state index contributed by atoms with van der Waals surface area (Å²) in [5.74, 6) is 0.366. The number of aryl methyl sites for hydroxylation is 2. The topological polar surface area (TPSA) is 114 Å². The molecule has 1 aliphatic rings. The highest BCUT2D eigenvalue weighted by Gasteiger charge is 2.25. The molecule has 1 aromatic carbocycles. The molecule has 1 saturated heterocycles. The molecule has 0 bridgehead atoms. The minimum atomic E-state index is -3.58. The van der Waals surface area contributed by atoms with Crippen LogP contribution >= 0.6 is 0 Å². The van der Waals surface area contributed by atoms with Crippen molar-refractivity contribution in [2.45, 2.75) is 58.0 Å². The van der Waals surface area contributed by atoms with Crippen LogP contribution in [0.3, 0.4) is 0 Å². The summed E-state index contributed by atoms with van der Waals surface area (Å²) < 4.78 is 34.4. The molecule has 11 heteroatoms. The number of hydrogen-bond donors (Lipinski definition) is 1. The van der Waals surface area contributed by atoms with Crippen LogP contribution < -0.4 is 5.32 Å². The smallest absolute Gasteiger partial charge is 0.245 e. The number of carbonyl (C=O) groups is 2. The van der Waals surface area contributed by atoms with E-state index in [2.05, 4.69) is 10.3 Å². The first-order valence-corrected chi connectivity index (χ1v) is 13.3. The van der Waals surface area contributed by atoms with Crippen molar-refractivity contribution >= 4 is 32.9 Å². The van der Waals surface area contributed by atoms with Crippen LogP contribution in [0.1, 0.15) is 39.9 Å². The highest BCUT2D eigenvalue weighted by Crippen LogP contribution is 2.23. The van der Waals surface area contributed by atoms with Gasteiger partial charge in [0, 0.05) is 45.6 Å². The number of morpholine rings is 1. The second-order valence-corrected chi connectivity index (χ2v) is 10.2. The molecular weight excluding hydrogens is 458 g/mol. The summed E-state index contributed by atoms with van der Waals surface area (Å²) in [5.41, 5.74) is 1.41. The lowest BCUT2D eigenvalue weighted by Crippen LogP contribution is -2.50. The van der Waals surface area contributed by atoms with E-state index in [0.29, 0.717) is 63.7 Å². The van der Waals surface area contributed by atoms with Gasteiger partial charge < -0.3 is 19.5 Å². The fraction of sp³-hybridized carbons (Fsp3) is 0.609. The summed E-state index contributed by atoms with van der Waals surface area (Å²) in [5, 5.41) is 2.78. The Labute approximate surface area is 201 Å². The molecule has 34 heavy (non-hydrogen) atoms. The van der Waals surface area contributed by atoms with E-state index < -0.39 is 16.1 Å². The van der Waals surface area contributed by atoms with Crippen molar-refractivity contribution in [1.82, 2.24) is 24.1 Å². The molecule has 1 fully saturated rings. The molecule has 0 saturated carbocycles. The highest BCUT2D eigenvalue weighted by atomic mass is 32.2. The molecule has 1 N–H and O–H groups in total. The second kappa shape index (κ2) is 11.3. The molecule has 1 atom stereocenters. The summed E-state index contributed by atoms with van der Waals surface area (Å²) in [6, 6.07) is 4.37. The molecule has 2 heterocycles. The number of amides is 2. The van der Waals surface area contributed by atoms with Crippen molar-refractivity contribution in [3.05, 3.63) is 24.0 Å². The maximum Gasteiger partial charge on any atom is 0.245 e. The van der Waals surface area contributed by atoms with Gasteiger partial charge in [-0.2, -0.15) is 4.31 Å². The first kappa shape index (κ1) is 26.1. The number of benzene rings is 1. The number of hydrogen-bond acceptors (Lipinski definition) is 6. The van der Waals surface area contributed by atoms with Crippen LogP contribution in [-0.4, -0.2) is 84.4 Å². The Morgan fingerprint density at radius 3 is 2.47 bits per heavy atom. The van der Waals surface area contributed by atoms with Crippen LogP contribution in [0.4, 0.5) is 0 Å². The third-order valence-electron chi connectivity index (χ3n) is 6.10. The third kappa shape index (κ3) is 5.59. The zero-order chi connectivity index (χ0) is 24.9.